The van der Waals surface area contributed by atoms with Gasteiger partial charge >= 0.3 is 0 Å². The topological polar surface area (TPSA) is 46.3 Å². The number of nitrogens with two attached hydrogens (primary N) is 1. The summed E-state index contributed by atoms with van der Waals surface area (Å²) in [5.74, 6) is 0.693. The fraction of sp³-hybridized carbons (Fsp3) is 0.500. The number of hydrogen-bond donors (Lipinski definition) is 1. The van der Waals surface area contributed by atoms with Crippen LogP contribution in [0.3, 0.4) is 0 Å². The number of nitrogens with zero attached hydrogens (tertiary/aromatic N) is 1. The molecule has 2 N–H and O–H groups in total. The summed E-state index contributed by atoms with van der Waals surface area (Å²) in [7, 11) is 0. The van der Waals surface area contributed by atoms with Crippen molar-refractivity contribution < 1.29 is 4.79 Å². The number of hydrogen-bond acceptors (Lipinski definition) is 2. The average Bonchev–Trinajstić information content (AvgIpc) is 2.76. The Bertz CT molecular complexity index is 427. The highest BCUT2D eigenvalue weighted by Crippen LogP contribution is 2.24. The highest BCUT2D eigenvalue weighted by molar-refractivity contribution is 6.31. The number of nitrogen functional groups attached to an aromatic ring is 1. The fourth-order valence-electron chi connectivity index (χ4n) is 2.58. The van der Waals surface area contributed by atoms with Crippen LogP contribution in [0.25, 0.3) is 0 Å². The predicted molar refractivity (Wildman–Crippen MR) is 74.8 cm³/mol. The van der Waals surface area contributed by atoms with Crippen molar-refractivity contribution in [2.45, 2.75) is 26.2 Å². The molecule has 0 radical (unpaired) electrons. The number of rotatable bonds is 3. The molecule has 1 saturated heterocycles. The molecule has 1 aromatic rings. The van der Waals surface area contributed by atoms with E-state index in [1.165, 1.54) is 12.8 Å². The van der Waals surface area contributed by atoms with Crippen LogP contribution in [-0.2, 0) is 0 Å². The molecular formula is C14H19ClN2O. The Hall–Kier alpha value is -1.22. The Kier molecular flexibility index (Phi) is 4.12. The lowest BCUT2D eigenvalue weighted by atomic mass is 10.0. The second-order valence-electron chi connectivity index (χ2n) is 4.97. The number of carbonyl (C=O) groups excluding carboxylic acids is 1. The molecule has 0 bridgehead atoms. The minimum absolute atomic E-state index is 0.0443. The third-order valence-electron chi connectivity index (χ3n) is 3.44. The molecule has 1 amide bonds. The Labute approximate surface area is 113 Å². The monoisotopic (exact) mass is 266 g/mol. The van der Waals surface area contributed by atoms with Gasteiger partial charge in [-0.1, -0.05) is 24.9 Å². The fourth-order valence-corrected chi connectivity index (χ4v) is 2.82. The summed E-state index contributed by atoms with van der Waals surface area (Å²) >= 11 is 5.93. The molecule has 0 aliphatic carbocycles. The summed E-state index contributed by atoms with van der Waals surface area (Å²) in [5.41, 5.74) is 6.85. The molecule has 0 aromatic heterocycles. The zero-order valence-corrected chi connectivity index (χ0v) is 11.4. The zero-order chi connectivity index (χ0) is 13.1. The van der Waals surface area contributed by atoms with Gasteiger partial charge in [0.2, 0.25) is 0 Å². The summed E-state index contributed by atoms with van der Waals surface area (Å²) in [6.07, 6.45) is 3.48. The van der Waals surface area contributed by atoms with E-state index in [9.17, 15) is 4.79 Å². The predicted octanol–water partition coefficient (Wildman–Crippen LogP) is 3.18. The van der Waals surface area contributed by atoms with Crippen LogP contribution in [0.5, 0.6) is 0 Å². The molecule has 98 valence electrons. The first-order valence-electron chi connectivity index (χ1n) is 6.45. The highest BCUT2D eigenvalue weighted by atomic mass is 35.5. The second kappa shape index (κ2) is 5.61. The number of likely N-dealkylation sites (tertiary alicyclic amines) is 1. The molecule has 0 saturated carbocycles. The maximum atomic E-state index is 12.3. The van der Waals surface area contributed by atoms with Crippen molar-refractivity contribution >= 4 is 23.2 Å². The Morgan fingerprint density at radius 2 is 2.28 bits per heavy atom. The minimum atomic E-state index is 0.0443. The molecule has 1 aromatic carbocycles. The van der Waals surface area contributed by atoms with Crippen LogP contribution < -0.4 is 5.73 Å². The van der Waals surface area contributed by atoms with Crippen LogP contribution in [0, 0.1) is 5.92 Å². The smallest absolute Gasteiger partial charge is 0.253 e. The van der Waals surface area contributed by atoms with Gasteiger partial charge in [0.05, 0.1) is 0 Å². The molecule has 1 fully saturated rings. The van der Waals surface area contributed by atoms with Crippen molar-refractivity contribution in [3.63, 3.8) is 0 Å². The maximum Gasteiger partial charge on any atom is 0.253 e. The van der Waals surface area contributed by atoms with Gasteiger partial charge in [0.1, 0.15) is 0 Å². The first kappa shape index (κ1) is 13.2. The van der Waals surface area contributed by atoms with Crippen LogP contribution in [0.2, 0.25) is 5.02 Å². The van der Waals surface area contributed by atoms with Gasteiger partial charge in [-0.3, -0.25) is 4.79 Å². The molecule has 1 heterocycles. The molecular weight excluding hydrogens is 248 g/mol. The average molecular weight is 267 g/mol. The first-order valence-corrected chi connectivity index (χ1v) is 6.83. The lowest BCUT2D eigenvalue weighted by Crippen LogP contribution is -2.28. The summed E-state index contributed by atoms with van der Waals surface area (Å²) in [6, 6.07) is 5.04. The Morgan fingerprint density at radius 3 is 2.94 bits per heavy atom. The molecule has 1 unspecified atom stereocenters. The van der Waals surface area contributed by atoms with E-state index in [2.05, 4.69) is 6.92 Å². The van der Waals surface area contributed by atoms with Gasteiger partial charge in [0, 0.05) is 29.4 Å². The number of carbonyl (C=O) groups is 1. The van der Waals surface area contributed by atoms with Crippen molar-refractivity contribution in [3.8, 4) is 0 Å². The molecule has 1 aliphatic heterocycles. The van der Waals surface area contributed by atoms with E-state index in [4.69, 9.17) is 17.3 Å². The van der Waals surface area contributed by atoms with Crippen LogP contribution in [0.15, 0.2) is 18.2 Å². The lowest BCUT2D eigenvalue weighted by Gasteiger charge is -2.17. The van der Waals surface area contributed by atoms with Gasteiger partial charge < -0.3 is 10.6 Å². The van der Waals surface area contributed by atoms with Crippen LogP contribution >= 0.6 is 11.6 Å². The van der Waals surface area contributed by atoms with Gasteiger partial charge in [-0.25, -0.2) is 0 Å². The van der Waals surface area contributed by atoms with Gasteiger partial charge in [0.25, 0.3) is 5.91 Å². The van der Waals surface area contributed by atoms with E-state index in [0.717, 1.165) is 19.5 Å². The van der Waals surface area contributed by atoms with Crippen molar-refractivity contribution in [1.82, 2.24) is 4.90 Å². The Morgan fingerprint density at radius 1 is 1.50 bits per heavy atom. The Balaban J connectivity index is 2.08. The molecule has 1 atom stereocenters. The zero-order valence-electron chi connectivity index (χ0n) is 10.7. The normalized spacial score (nSPS) is 19.2. The van der Waals surface area contributed by atoms with Crippen LogP contribution in [0.4, 0.5) is 5.69 Å². The van der Waals surface area contributed by atoms with Gasteiger partial charge in [-0.15, -0.1) is 0 Å². The largest absolute Gasteiger partial charge is 0.399 e. The van der Waals surface area contributed by atoms with E-state index in [1.54, 1.807) is 18.2 Å². The third-order valence-corrected chi connectivity index (χ3v) is 3.66. The summed E-state index contributed by atoms with van der Waals surface area (Å²) in [4.78, 5) is 14.2. The highest BCUT2D eigenvalue weighted by Gasteiger charge is 2.26. The number of anilines is 1. The summed E-state index contributed by atoms with van der Waals surface area (Å²) < 4.78 is 0. The molecule has 0 spiro atoms. The van der Waals surface area contributed by atoms with Gasteiger partial charge in [-0.2, -0.15) is 0 Å². The number of benzene rings is 1. The molecule has 18 heavy (non-hydrogen) atoms. The molecule has 1 aliphatic rings. The van der Waals surface area contributed by atoms with Crippen molar-refractivity contribution in [1.29, 1.82) is 0 Å². The molecule has 2 rings (SSSR count). The summed E-state index contributed by atoms with van der Waals surface area (Å²) in [5, 5.41) is 0.516. The number of halogens is 1. The molecule has 3 nitrogen and oxygen atoms in total. The van der Waals surface area contributed by atoms with Gasteiger partial charge in [0.15, 0.2) is 0 Å². The SMILES string of the molecule is CCCC1CCN(C(=O)c2cc(N)cc(Cl)c2)C1. The minimum Gasteiger partial charge on any atom is -0.399 e. The van der Waals surface area contributed by atoms with E-state index in [0.29, 0.717) is 22.2 Å². The van der Waals surface area contributed by atoms with Crippen LogP contribution in [0.1, 0.15) is 36.5 Å². The maximum absolute atomic E-state index is 12.3. The van der Waals surface area contributed by atoms with Crippen LogP contribution in [-0.4, -0.2) is 23.9 Å². The quantitative estimate of drug-likeness (QED) is 0.854. The van der Waals surface area contributed by atoms with E-state index in [1.807, 2.05) is 4.90 Å². The van der Waals surface area contributed by atoms with E-state index < -0.39 is 0 Å². The van der Waals surface area contributed by atoms with Crippen molar-refractivity contribution in [2.24, 2.45) is 5.92 Å². The molecule has 4 heteroatoms. The second-order valence-corrected chi connectivity index (χ2v) is 5.40. The van der Waals surface area contributed by atoms with Crippen molar-refractivity contribution in [2.75, 3.05) is 18.8 Å². The van der Waals surface area contributed by atoms with Crippen molar-refractivity contribution in [3.05, 3.63) is 28.8 Å². The van der Waals surface area contributed by atoms with E-state index >= 15 is 0 Å². The lowest BCUT2D eigenvalue weighted by molar-refractivity contribution is 0.0786. The summed E-state index contributed by atoms with van der Waals surface area (Å²) in [6.45, 7) is 3.89. The standard InChI is InChI=1S/C14H19ClN2O/c1-2-3-10-4-5-17(9-10)14(18)11-6-12(15)8-13(16)7-11/h6-8,10H,2-5,9,16H2,1H3. The van der Waals surface area contributed by atoms with Gasteiger partial charge in [-0.05, 0) is 37.0 Å². The third kappa shape index (κ3) is 2.96. The number of amides is 1. The first-order chi connectivity index (χ1) is 8.60. The van der Waals surface area contributed by atoms with E-state index in [-0.39, 0.29) is 5.91 Å².